The second-order valence-corrected chi connectivity index (χ2v) is 6.47. The summed E-state index contributed by atoms with van der Waals surface area (Å²) in [7, 11) is 2.26. The van der Waals surface area contributed by atoms with Gasteiger partial charge >= 0.3 is 0 Å². The van der Waals surface area contributed by atoms with Gasteiger partial charge in [-0.05, 0) is 45.2 Å². The highest BCUT2D eigenvalue weighted by molar-refractivity contribution is 4.89. The van der Waals surface area contributed by atoms with Crippen LogP contribution in [0.2, 0.25) is 0 Å². The highest BCUT2D eigenvalue weighted by Gasteiger charge is 2.35. The average molecular weight is 254 g/mol. The summed E-state index contributed by atoms with van der Waals surface area (Å²) in [5.74, 6) is 0. The molecule has 0 aromatic carbocycles. The van der Waals surface area contributed by atoms with E-state index in [1.807, 2.05) is 0 Å². The van der Waals surface area contributed by atoms with Crippen molar-refractivity contribution in [2.24, 2.45) is 11.1 Å². The SMILES string of the molecule is CC1OCCC1N(C)CC1(CN)CCCCCC1. The molecule has 2 rings (SSSR count). The van der Waals surface area contributed by atoms with Gasteiger partial charge in [-0.2, -0.15) is 0 Å². The molecule has 0 aromatic heterocycles. The second kappa shape index (κ2) is 6.36. The third-order valence-electron chi connectivity index (χ3n) is 5.08. The maximum Gasteiger partial charge on any atom is 0.0702 e. The first-order valence-electron chi connectivity index (χ1n) is 7.69. The largest absolute Gasteiger partial charge is 0.377 e. The van der Waals surface area contributed by atoms with E-state index in [9.17, 15) is 0 Å². The van der Waals surface area contributed by atoms with Crippen LogP contribution in [0.3, 0.4) is 0 Å². The molecule has 1 aliphatic heterocycles. The van der Waals surface area contributed by atoms with E-state index in [2.05, 4.69) is 18.9 Å². The van der Waals surface area contributed by atoms with Crippen molar-refractivity contribution in [2.75, 3.05) is 26.7 Å². The Bertz CT molecular complexity index is 249. The Morgan fingerprint density at radius 2 is 1.89 bits per heavy atom. The van der Waals surface area contributed by atoms with Crippen molar-refractivity contribution in [3.63, 3.8) is 0 Å². The maximum absolute atomic E-state index is 6.13. The first kappa shape index (κ1) is 14.3. The van der Waals surface area contributed by atoms with Gasteiger partial charge in [-0.3, -0.25) is 0 Å². The Morgan fingerprint density at radius 1 is 1.22 bits per heavy atom. The summed E-state index contributed by atoms with van der Waals surface area (Å²) < 4.78 is 5.69. The van der Waals surface area contributed by atoms with Gasteiger partial charge in [0, 0.05) is 19.2 Å². The van der Waals surface area contributed by atoms with Crippen LogP contribution in [0.25, 0.3) is 0 Å². The molecule has 106 valence electrons. The van der Waals surface area contributed by atoms with E-state index < -0.39 is 0 Å². The smallest absolute Gasteiger partial charge is 0.0702 e. The van der Waals surface area contributed by atoms with Gasteiger partial charge in [0.25, 0.3) is 0 Å². The molecule has 0 radical (unpaired) electrons. The van der Waals surface area contributed by atoms with Crippen LogP contribution < -0.4 is 5.73 Å². The van der Waals surface area contributed by atoms with Crippen molar-refractivity contribution in [3.8, 4) is 0 Å². The van der Waals surface area contributed by atoms with Crippen LogP contribution >= 0.6 is 0 Å². The molecule has 3 heteroatoms. The van der Waals surface area contributed by atoms with E-state index in [0.717, 1.165) is 19.7 Å². The third-order valence-corrected chi connectivity index (χ3v) is 5.08. The first-order valence-corrected chi connectivity index (χ1v) is 7.69. The molecular weight excluding hydrogens is 224 g/mol. The first-order chi connectivity index (χ1) is 8.67. The fraction of sp³-hybridized carbons (Fsp3) is 1.00. The molecular formula is C15H30N2O. The van der Waals surface area contributed by atoms with Crippen LogP contribution in [0.1, 0.15) is 51.9 Å². The molecule has 18 heavy (non-hydrogen) atoms. The predicted molar refractivity (Wildman–Crippen MR) is 75.6 cm³/mol. The number of nitrogens with two attached hydrogens (primary N) is 1. The molecule has 0 amide bonds. The van der Waals surface area contributed by atoms with Crippen LogP contribution in [-0.4, -0.2) is 43.8 Å². The molecule has 1 saturated carbocycles. The van der Waals surface area contributed by atoms with Gasteiger partial charge in [-0.25, -0.2) is 0 Å². The van der Waals surface area contributed by atoms with Crippen molar-refractivity contribution < 1.29 is 4.74 Å². The minimum atomic E-state index is 0.369. The Hall–Kier alpha value is -0.120. The molecule has 1 saturated heterocycles. The number of hydrogen-bond donors (Lipinski definition) is 1. The van der Waals surface area contributed by atoms with Crippen LogP contribution in [0.5, 0.6) is 0 Å². The lowest BCUT2D eigenvalue weighted by Crippen LogP contribution is -2.46. The normalized spacial score (nSPS) is 32.7. The van der Waals surface area contributed by atoms with Crippen LogP contribution in [0.4, 0.5) is 0 Å². The summed E-state index contributed by atoms with van der Waals surface area (Å²) in [6.45, 7) is 5.13. The molecule has 2 aliphatic rings. The molecule has 0 bridgehead atoms. The third kappa shape index (κ3) is 3.25. The lowest BCUT2D eigenvalue weighted by Gasteiger charge is -2.38. The van der Waals surface area contributed by atoms with E-state index in [0.29, 0.717) is 17.6 Å². The van der Waals surface area contributed by atoms with Gasteiger partial charge in [0.05, 0.1) is 6.10 Å². The molecule has 1 heterocycles. The van der Waals surface area contributed by atoms with Gasteiger partial charge in [-0.1, -0.05) is 25.7 Å². The summed E-state index contributed by atoms with van der Waals surface area (Å²) >= 11 is 0. The Balaban J connectivity index is 1.95. The van der Waals surface area contributed by atoms with Crippen LogP contribution in [0, 0.1) is 5.41 Å². The second-order valence-electron chi connectivity index (χ2n) is 6.47. The van der Waals surface area contributed by atoms with Crippen molar-refractivity contribution >= 4 is 0 Å². The number of hydrogen-bond acceptors (Lipinski definition) is 3. The molecule has 2 atom stereocenters. The van der Waals surface area contributed by atoms with Crippen molar-refractivity contribution in [2.45, 2.75) is 64.0 Å². The van der Waals surface area contributed by atoms with E-state index in [1.165, 1.54) is 44.9 Å². The summed E-state index contributed by atoms with van der Waals surface area (Å²) in [4.78, 5) is 2.52. The molecule has 1 aliphatic carbocycles. The van der Waals surface area contributed by atoms with Gasteiger partial charge in [0.15, 0.2) is 0 Å². The minimum absolute atomic E-state index is 0.369. The van der Waals surface area contributed by atoms with Crippen molar-refractivity contribution in [1.82, 2.24) is 4.90 Å². The molecule has 0 aromatic rings. The standard InChI is InChI=1S/C15H30N2O/c1-13-14(7-10-18-13)17(2)12-15(11-16)8-5-3-4-6-9-15/h13-14H,3-12,16H2,1-2H3. The topological polar surface area (TPSA) is 38.5 Å². The fourth-order valence-electron chi connectivity index (χ4n) is 3.85. The van der Waals surface area contributed by atoms with E-state index in [1.54, 1.807) is 0 Å². The van der Waals surface area contributed by atoms with Gasteiger partial charge in [0.1, 0.15) is 0 Å². The zero-order valence-corrected chi connectivity index (χ0v) is 12.2. The lowest BCUT2D eigenvalue weighted by atomic mass is 9.79. The highest BCUT2D eigenvalue weighted by Crippen LogP contribution is 2.36. The zero-order chi connectivity index (χ0) is 13.0. The van der Waals surface area contributed by atoms with Gasteiger partial charge in [-0.15, -0.1) is 0 Å². The maximum atomic E-state index is 6.13. The van der Waals surface area contributed by atoms with E-state index in [-0.39, 0.29) is 0 Å². The Labute approximate surface area is 112 Å². The van der Waals surface area contributed by atoms with Crippen molar-refractivity contribution in [3.05, 3.63) is 0 Å². The molecule has 2 N–H and O–H groups in total. The number of nitrogens with zero attached hydrogens (tertiary/aromatic N) is 1. The molecule has 0 spiro atoms. The molecule has 2 fully saturated rings. The summed E-state index contributed by atoms with van der Waals surface area (Å²) in [6, 6.07) is 0.594. The van der Waals surface area contributed by atoms with Crippen molar-refractivity contribution in [1.29, 1.82) is 0 Å². The lowest BCUT2D eigenvalue weighted by molar-refractivity contribution is 0.0604. The highest BCUT2D eigenvalue weighted by atomic mass is 16.5. The quantitative estimate of drug-likeness (QED) is 0.783. The Kier molecular flexibility index (Phi) is 5.05. The number of likely N-dealkylation sites (N-methyl/N-ethyl adjacent to an activating group) is 1. The summed E-state index contributed by atoms with van der Waals surface area (Å²) in [5.41, 5.74) is 6.50. The molecule has 2 unspecified atom stereocenters. The van der Waals surface area contributed by atoms with E-state index >= 15 is 0 Å². The Morgan fingerprint density at radius 3 is 2.39 bits per heavy atom. The van der Waals surface area contributed by atoms with E-state index in [4.69, 9.17) is 10.5 Å². The number of ether oxygens (including phenoxy) is 1. The predicted octanol–water partition coefficient (Wildman–Crippen LogP) is 2.39. The average Bonchev–Trinajstić information content (AvgIpc) is 2.66. The van der Waals surface area contributed by atoms with Gasteiger partial charge < -0.3 is 15.4 Å². The number of rotatable bonds is 4. The van der Waals surface area contributed by atoms with Gasteiger partial charge in [0.2, 0.25) is 0 Å². The summed E-state index contributed by atoms with van der Waals surface area (Å²) in [6.07, 6.45) is 9.71. The minimum Gasteiger partial charge on any atom is -0.377 e. The molecule has 3 nitrogen and oxygen atoms in total. The van der Waals surface area contributed by atoms with Crippen LogP contribution in [-0.2, 0) is 4.74 Å². The zero-order valence-electron chi connectivity index (χ0n) is 12.2. The fourth-order valence-corrected chi connectivity index (χ4v) is 3.85. The van der Waals surface area contributed by atoms with Crippen LogP contribution in [0.15, 0.2) is 0 Å². The summed E-state index contributed by atoms with van der Waals surface area (Å²) in [5, 5.41) is 0. The monoisotopic (exact) mass is 254 g/mol.